The first-order valence-corrected chi connectivity index (χ1v) is 14.3. The molecular weight excluding hydrogens is 600 g/mol. The molecule has 4 aliphatic rings. The summed E-state index contributed by atoms with van der Waals surface area (Å²) in [6.45, 7) is 1.26. The highest BCUT2D eigenvalue weighted by Gasteiger charge is 2.16. The van der Waals surface area contributed by atoms with E-state index in [1.807, 2.05) is 42.5 Å². The van der Waals surface area contributed by atoms with Crippen molar-refractivity contribution in [2.24, 2.45) is 0 Å². The summed E-state index contributed by atoms with van der Waals surface area (Å²) >= 11 is 0. The predicted octanol–water partition coefficient (Wildman–Crippen LogP) is 4.96. The van der Waals surface area contributed by atoms with Crippen LogP contribution in [0.5, 0.6) is 46.0 Å². The van der Waals surface area contributed by atoms with Crippen molar-refractivity contribution in [3.63, 3.8) is 0 Å². The molecule has 0 aromatic heterocycles. The molecule has 4 aromatic carbocycles. The Kier molecular flexibility index (Phi) is 9.55. The van der Waals surface area contributed by atoms with Crippen molar-refractivity contribution in [3.05, 3.63) is 95.1 Å². The number of benzene rings is 4. The van der Waals surface area contributed by atoms with E-state index in [-0.39, 0.29) is 46.4 Å². The molecule has 46 heavy (non-hydrogen) atoms. The maximum atomic E-state index is 11.9. The third kappa shape index (κ3) is 7.53. The van der Waals surface area contributed by atoms with Gasteiger partial charge < -0.3 is 47.7 Å². The number of fused-ring (bicyclic) bond motifs is 4. The second-order valence-corrected chi connectivity index (χ2v) is 10.1. The second kappa shape index (κ2) is 14.4. The smallest absolute Gasteiger partial charge is 0.306 e. The van der Waals surface area contributed by atoms with Gasteiger partial charge in [0.25, 0.3) is 0 Å². The Morgan fingerprint density at radius 1 is 0.587 bits per heavy atom. The number of aldehydes is 1. The number of aliphatic hydroxyl groups excluding tert-OH is 1. The van der Waals surface area contributed by atoms with Crippen molar-refractivity contribution in [2.75, 3.05) is 27.2 Å². The summed E-state index contributed by atoms with van der Waals surface area (Å²) in [5, 5.41) is 8.77. The van der Waals surface area contributed by atoms with Crippen LogP contribution in [-0.4, -0.2) is 44.5 Å². The molecular formula is C34H30O12. The Morgan fingerprint density at radius 3 is 1.57 bits per heavy atom. The van der Waals surface area contributed by atoms with Crippen LogP contribution in [0.25, 0.3) is 0 Å². The molecule has 0 spiro atoms. The molecule has 4 aliphatic heterocycles. The summed E-state index contributed by atoms with van der Waals surface area (Å²) in [5.74, 6) is 5.44. The van der Waals surface area contributed by atoms with E-state index in [4.69, 9.17) is 47.7 Å². The van der Waals surface area contributed by atoms with E-state index in [2.05, 4.69) is 0 Å². The molecule has 4 heterocycles. The first kappa shape index (κ1) is 30.4. The average Bonchev–Trinajstić information content (AvgIpc) is 3.92. The lowest BCUT2D eigenvalue weighted by Crippen LogP contribution is -2.06. The fourth-order valence-electron chi connectivity index (χ4n) is 4.64. The zero-order valence-electron chi connectivity index (χ0n) is 24.6. The van der Waals surface area contributed by atoms with Crippen molar-refractivity contribution in [2.45, 2.75) is 26.1 Å². The second-order valence-electron chi connectivity index (χ2n) is 10.1. The quantitative estimate of drug-likeness (QED) is 0.218. The van der Waals surface area contributed by atoms with E-state index in [1.54, 1.807) is 30.3 Å². The van der Waals surface area contributed by atoms with Gasteiger partial charge in [0.2, 0.25) is 27.2 Å². The largest absolute Gasteiger partial charge is 0.461 e. The van der Waals surface area contributed by atoms with Gasteiger partial charge >= 0.3 is 5.97 Å². The van der Waals surface area contributed by atoms with Gasteiger partial charge in [-0.15, -0.1) is 0 Å². The van der Waals surface area contributed by atoms with Gasteiger partial charge in [-0.25, -0.2) is 0 Å². The van der Waals surface area contributed by atoms with Crippen molar-refractivity contribution >= 4 is 12.3 Å². The van der Waals surface area contributed by atoms with Gasteiger partial charge in [-0.1, -0.05) is 18.2 Å². The average molecular weight is 631 g/mol. The van der Waals surface area contributed by atoms with E-state index in [1.165, 1.54) is 0 Å². The normalized spacial score (nSPS) is 13.6. The SMILES string of the molecule is O=C(CCc1ccc2c(c1)OCO2)OCc1ccc2c(c1)OCO2.O=Cc1ccc2c(c1)OCO2.OCc1ccc2c(c1)OCO2. The fourth-order valence-corrected chi connectivity index (χ4v) is 4.64. The summed E-state index contributed by atoms with van der Waals surface area (Å²) in [4.78, 5) is 22.2. The Bertz CT molecular complexity index is 1640. The third-order valence-electron chi connectivity index (χ3n) is 7.04. The number of hydrogen-bond acceptors (Lipinski definition) is 12. The van der Waals surface area contributed by atoms with Gasteiger partial charge in [-0.2, -0.15) is 0 Å². The van der Waals surface area contributed by atoms with E-state index in [9.17, 15) is 9.59 Å². The zero-order valence-corrected chi connectivity index (χ0v) is 24.6. The summed E-state index contributed by atoms with van der Waals surface area (Å²) in [6, 6.07) is 21.7. The van der Waals surface area contributed by atoms with Crippen LogP contribution in [0.15, 0.2) is 72.8 Å². The molecule has 4 aromatic rings. The van der Waals surface area contributed by atoms with Crippen LogP contribution in [0.1, 0.15) is 33.5 Å². The maximum Gasteiger partial charge on any atom is 0.306 e. The molecule has 238 valence electrons. The number of carbonyl (C=O) groups is 2. The summed E-state index contributed by atoms with van der Waals surface area (Å²) in [5.41, 5.74) is 3.33. The standard InChI is InChI=1S/C18H16O6.C8H8O3.C8H6O3/c19-18(6-3-12-1-4-14-16(7-12)23-10-21-14)20-9-13-2-5-15-17(8-13)24-11-22-15;2*9-4-6-1-2-7-8(3-6)11-5-10-7/h1-2,4-5,7-8H,3,6,9-11H2;1-3,9H,4-5H2;1-4H,5H2. The Balaban J connectivity index is 0.000000139. The van der Waals surface area contributed by atoms with Crippen LogP contribution in [0.4, 0.5) is 0 Å². The number of hydrogen-bond donors (Lipinski definition) is 1. The molecule has 0 aliphatic carbocycles. The molecule has 12 heteroatoms. The molecule has 0 saturated carbocycles. The molecule has 0 amide bonds. The predicted molar refractivity (Wildman–Crippen MR) is 160 cm³/mol. The van der Waals surface area contributed by atoms with E-state index in [0.717, 1.165) is 46.0 Å². The minimum atomic E-state index is -0.245. The molecule has 0 atom stereocenters. The first-order chi connectivity index (χ1) is 22.6. The number of aliphatic hydroxyl groups is 1. The summed E-state index contributed by atoms with van der Waals surface area (Å²) in [6.07, 6.45) is 1.68. The van der Waals surface area contributed by atoms with E-state index < -0.39 is 0 Å². The fraction of sp³-hybridized carbons (Fsp3) is 0.235. The van der Waals surface area contributed by atoms with Gasteiger partial charge in [0.15, 0.2) is 46.0 Å². The molecule has 12 nitrogen and oxygen atoms in total. The number of carbonyl (C=O) groups excluding carboxylic acids is 2. The Morgan fingerprint density at radius 2 is 1.02 bits per heavy atom. The van der Waals surface area contributed by atoms with Crippen molar-refractivity contribution < 1.29 is 57.3 Å². The Labute approximate surface area is 263 Å². The van der Waals surface area contributed by atoms with Gasteiger partial charge in [0.1, 0.15) is 12.9 Å². The molecule has 0 radical (unpaired) electrons. The van der Waals surface area contributed by atoms with Gasteiger partial charge in [0.05, 0.1) is 6.61 Å². The highest BCUT2D eigenvalue weighted by Crippen LogP contribution is 2.35. The minimum absolute atomic E-state index is 0.0383. The lowest BCUT2D eigenvalue weighted by molar-refractivity contribution is -0.144. The number of aryl methyl sites for hydroxylation is 1. The monoisotopic (exact) mass is 630 g/mol. The molecule has 0 unspecified atom stereocenters. The first-order valence-electron chi connectivity index (χ1n) is 14.3. The van der Waals surface area contributed by atoms with Crippen LogP contribution in [0, 0.1) is 0 Å². The van der Waals surface area contributed by atoms with Crippen LogP contribution < -0.4 is 37.9 Å². The number of rotatable bonds is 7. The van der Waals surface area contributed by atoms with Crippen LogP contribution >= 0.6 is 0 Å². The molecule has 0 bridgehead atoms. The summed E-state index contributed by atoms with van der Waals surface area (Å²) < 4.78 is 46.8. The van der Waals surface area contributed by atoms with Crippen LogP contribution in [0.3, 0.4) is 0 Å². The van der Waals surface area contributed by atoms with Gasteiger partial charge in [0, 0.05) is 12.0 Å². The lowest BCUT2D eigenvalue weighted by Gasteiger charge is -2.06. The molecule has 8 rings (SSSR count). The maximum absolute atomic E-state index is 11.9. The van der Waals surface area contributed by atoms with E-state index in [0.29, 0.717) is 41.4 Å². The highest BCUT2D eigenvalue weighted by atomic mass is 16.7. The molecule has 0 saturated heterocycles. The zero-order chi connectivity index (χ0) is 31.7. The molecule has 1 N–H and O–H groups in total. The summed E-state index contributed by atoms with van der Waals surface area (Å²) in [7, 11) is 0. The minimum Gasteiger partial charge on any atom is -0.461 e. The van der Waals surface area contributed by atoms with Crippen molar-refractivity contribution in [1.29, 1.82) is 0 Å². The van der Waals surface area contributed by atoms with Crippen molar-refractivity contribution in [3.8, 4) is 46.0 Å². The van der Waals surface area contributed by atoms with Gasteiger partial charge in [-0.3, -0.25) is 9.59 Å². The third-order valence-corrected chi connectivity index (χ3v) is 7.04. The lowest BCUT2D eigenvalue weighted by atomic mass is 10.1. The van der Waals surface area contributed by atoms with E-state index >= 15 is 0 Å². The number of esters is 1. The van der Waals surface area contributed by atoms with Gasteiger partial charge in [-0.05, 0) is 77.7 Å². The van der Waals surface area contributed by atoms with Crippen molar-refractivity contribution in [1.82, 2.24) is 0 Å². The Hall–Kier alpha value is -5.62. The number of ether oxygens (including phenoxy) is 9. The van der Waals surface area contributed by atoms with Crippen LogP contribution in [0.2, 0.25) is 0 Å². The topological polar surface area (TPSA) is 137 Å². The highest BCUT2D eigenvalue weighted by molar-refractivity contribution is 5.76. The van der Waals surface area contributed by atoms with Crippen LogP contribution in [-0.2, 0) is 29.2 Å². The molecule has 0 fully saturated rings.